The number of ketones is 3. The van der Waals surface area contributed by atoms with Crippen LogP contribution in [0.15, 0.2) is 60.7 Å². The average Bonchev–Trinajstić information content (AvgIpc) is 2.83. The molecular weight excluding hydrogens is 420 g/mol. The van der Waals surface area contributed by atoms with Gasteiger partial charge in [-0.25, -0.2) is 4.79 Å². The third-order valence-corrected chi connectivity index (χ3v) is 5.95. The monoisotopic (exact) mass is 444 g/mol. The van der Waals surface area contributed by atoms with E-state index in [1.54, 1.807) is 38.1 Å². The number of fused-ring (bicyclic) bond motifs is 2. The third kappa shape index (κ3) is 4.16. The number of methoxy groups -OCH3 is 1. The number of benzene rings is 3. The smallest absolute Gasteiger partial charge is 0.341 e. The van der Waals surface area contributed by atoms with Gasteiger partial charge in [-0.05, 0) is 17.9 Å². The molecule has 6 heteroatoms. The molecule has 0 bridgehead atoms. The van der Waals surface area contributed by atoms with E-state index in [9.17, 15) is 19.2 Å². The molecule has 3 aromatic carbocycles. The van der Waals surface area contributed by atoms with Gasteiger partial charge in [-0.15, -0.1) is 0 Å². The lowest BCUT2D eigenvalue weighted by molar-refractivity contribution is -0.118. The number of carbonyl (C=O) groups is 4. The van der Waals surface area contributed by atoms with Gasteiger partial charge in [0.15, 0.2) is 5.78 Å². The number of esters is 1. The van der Waals surface area contributed by atoms with Crippen molar-refractivity contribution < 1.29 is 28.7 Å². The first-order chi connectivity index (χ1) is 15.7. The van der Waals surface area contributed by atoms with Gasteiger partial charge in [0.05, 0.1) is 19.6 Å². The second-order valence-electron chi connectivity index (χ2n) is 8.97. The third-order valence-electron chi connectivity index (χ3n) is 5.95. The number of rotatable bonds is 6. The molecule has 0 saturated carbocycles. The van der Waals surface area contributed by atoms with Crippen LogP contribution in [0.5, 0.6) is 5.75 Å². The molecule has 0 heterocycles. The Kier molecular flexibility index (Phi) is 5.85. The molecule has 0 fully saturated rings. The van der Waals surface area contributed by atoms with Crippen LogP contribution in [0.25, 0.3) is 10.8 Å². The van der Waals surface area contributed by atoms with Crippen LogP contribution < -0.4 is 4.74 Å². The second-order valence-corrected chi connectivity index (χ2v) is 8.97. The van der Waals surface area contributed by atoms with Gasteiger partial charge in [-0.2, -0.15) is 0 Å². The van der Waals surface area contributed by atoms with Crippen molar-refractivity contribution in [1.29, 1.82) is 0 Å². The second kappa shape index (κ2) is 8.62. The summed E-state index contributed by atoms with van der Waals surface area (Å²) in [6.45, 7) is 3.56. The number of Topliss-reactive ketones (excluding diaryl/α,β-unsaturated/α-hetero) is 3. The van der Waals surface area contributed by atoms with E-state index < -0.39 is 28.9 Å². The molecule has 4 rings (SSSR count). The Bertz CT molecular complexity index is 1290. The maximum absolute atomic E-state index is 12.9. The summed E-state index contributed by atoms with van der Waals surface area (Å²) in [4.78, 5) is 50.9. The maximum atomic E-state index is 12.9. The fourth-order valence-electron chi connectivity index (χ4n) is 4.25. The Morgan fingerprint density at radius 2 is 1.55 bits per heavy atom. The standard InChI is InChI=1S/C27H24O6/c1-27(2,14-21-22(28)18-10-6-7-11-19(18)23(29)24(21)30)15-33-26(31)20-13-12-16-8-4-5-9-17(16)25(20)32-3/h4-13,21H,14-15H2,1-3H3. The molecule has 0 spiro atoms. The minimum atomic E-state index is -1.09. The van der Waals surface area contributed by atoms with Gasteiger partial charge in [0.1, 0.15) is 11.3 Å². The van der Waals surface area contributed by atoms with Crippen LogP contribution in [-0.2, 0) is 9.53 Å². The normalized spacial score (nSPS) is 16.0. The Labute approximate surface area is 191 Å². The Morgan fingerprint density at radius 1 is 0.879 bits per heavy atom. The molecule has 6 nitrogen and oxygen atoms in total. The lowest BCUT2D eigenvalue weighted by atomic mass is 9.73. The predicted molar refractivity (Wildman–Crippen MR) is 123 cm³/mol. The van der Waals surface area contributed by atoms with Crippen LogP contribution in [0.1, 0.15) is 51.3 Å². The van der Waals surface area contributed by atoms with Crippen LogP contribution in [-0.4, -0.2) is 37.0 Å². The van der Waals surface area contributed by atoms with Gasteiger partial charge in [-0.3, -0.25) is 14.4 Å². The molecule has 0 saturated heterocycles. The highest BCUT2D eigenvalue weighted by Gasteiger charge is 2.42. The number of hydrogen-bond donors (Lipinski definition) is 0. The van der Waals surface area contributed by atoms with E-state index in [1.165, 1.54) is 13.2 Å². The lowest BCUT2D eigenvalue weighted by Crippen LogP contribution is -2.40. The molecule has 0 N–H and O–H groups in total. The number of ether oxygens (including phenoxy) is 2. The number of hydrogen-bond acceptors (Lipinski definition) is 6. The Morgan fingerprint density at radius 3 is 2.27 bits per heavy atom. The number of carbonyl (C=O) groups excluding carboxylic acids is 4. The van der Waals surface area contributed by atoms with Crippen molar-refractivity contribution in [2.45, 2.75) is 20.3 Å². The predicted octanol–water partition coefficient (Wildman–Crippen LogP) is 4.69. The van der Waals surface area contributed by atoms with Crippen molar-refractivity contribution in [2.75, 3.05) is 13.7 Å². The zero-order valence-electron chi connectivity index (χ0n) is 18.7. The molecule has 1 aliphatic carbocycles. The van der Waals surface area contributed by atoms with Crippen molar-refractivity contribution in [3.05, 3.63) is 77.4 Å². The summed E-state index contributed by atoms with van der Waals surface area (Å²) in [5, 5.41) is 1.73. The van der Waals surface area contributed by atoms with Crippen molar-refractivity contribution in [2.24, 2.45) is 11.3 Å². The zero-order valence-corrected chi connectivity index (χ0v) is 18.7. The molecule has 0 amide bonds. The summed E-state index contributed by atoms with van der Waals surface area (Å²) in [6.07, 6.45) is 0.0902. The van der Waals surface area contributed by atoms with E-state index in [2.05, 4.69) is 0 Å². The molecule has 0 radical (unpaired) electrons. The van der Waals surface area contributed by atoms with E-state index in [-0.39, 0.29) is 29.9 Å². The van der Waals surface area contributed by atoms with Crippen LogP contribution in [0.2, 0.25) is 0 Å². The van der Waals surface area contributed by atoms with Crippen LogP contribution in [0, 0.1) is 11.3 Å². The van der Waals surface area contributed by atoms with Gasteiger partial charge in [-0.1, -0.05) is 68.4 Å². The van der Waals surface area contributed by atoms with Gasteiger partial charge >= 0.3 is 5.97 Å². The fraction of sp³-hybridized carbons (Fsp3) is 0.259. The van der Waals surface area contributed by atoms with Crippen molar-refractivity contribution >= 4 is 34.1 Å². The summed E-state index contributed by atoms with van der Waals surface area (Å²) >= 11 is 0. The van der Waals surface area contributed by atoms with Crippen molar-refractivity contribution in [3.63, 3.8) is 0 Å². The highest BCUT2D eigenvalue weighted by Crippen LogP contribution is 2.34. The maximum Gasteiger partial charge on any atom is 0.341 e. The Balaban J connectivity index is 1.50. The average molecular weight is 444 g/mol. The van der Waals surface area contributed by atoms with Gasteiger partial charge < -0.3 is 9.47 Å². The summed E-state index contributed by atoms with van der Waals surface area (Å²) in [5.41, 5.74) is -0.0134. The zero-order chi connectivity index (χ0) is 23.8. The topological polar surface area (TPSA) is 86.7 Å². The molecule has 33 heavy (non-hydrogen) atoms. The quantitative estimate of drug-likeness (QED) is 0.312. The highest BCUT2D eigenvalue weighted by molar-refractivity contribution is 6.51. The minimum absolute atomic E-state index is 0.0330. The van der Waals surface area contributed by atoms with Gasteiger partial charge in [0.25, 0.3) is 0 Å². The SMILES string of the molecule is COc1c(C(=O)OCC(C)(C)CC2C(=O)C(=O)c3ccccc3C2=O)ccc2ccccc12. The molecule has 1 aliphatic rings. The van der Waals surface area contributed by atoms with Crippen LogP contribution >= 0.6 is 0 Å². The van der Waals surface area contributed by atoms with Gasteiger partial charge in [0, 0.05) is 21.9 Å². The molecular formula is C27H24O6. The largest absolute Gasteiger partial charge is 0.495 e. The molecule has 0 aromatic heterocycles. The lowest BCUT2D eigenvalue weighted by Gasteiger charge is -2.30. The summed E-state index contributed by atoms with van der Waals surface area (Å²) in [6, 6.07) is 17.4. The Hall–Kier alpha value is -3.80. The fourth-order valence-corrected chi connectivity index (χ4v) is 4.25. The summed E-state index contributed by atoms with van der Waals surface area (Å²) < 4.78 is 11.0. The first kappa shape index (κ1) is 22.4. The van der Waals surface area contributed by atoms with E-state index >= 15 is 0 Å². The van der Waals surface area contributed by atoms with Crippen LogP contribution in [0.4, 0.5) is 0 Å². The first-order valence-corrected chi connectivity index (χ1v) is 10.7. The summed E-state index contributed by atoms with van der Waals surface area (Å²) in [5.74, 6) is -2.95. The molecule has 1 unspecified atom stereocenters. The molecule has 0 aliphatic heterocycles. The van der Waals surface area contributed by atoms with Crippen molar-refractivity contribution in [3.8, 4) is 5.75 Å². The highest BCUT2D eigenvalue weighted by atomic mass is 16.5. The van der Waals surface area contributed by atoms with Gasteiger partial charge in [0.2, 0.25) is 11.6 Å². The van der Waals surface area contributed by atoms with E-state index in [0.717, 1.165) is 10.8 Å². The van der Waals surface area contributed by atoms with Crippen LogP contribution in [0.3, 0.4) is 0 Å². The molecule has 1 atom stereocenters. The van der Waals surface area contributed by atoms with E-state index in [1.807, 2.05) is 30.3 Å². The van der Waals surface area contributed by atoms with E-state index in [4.69, 9.17) is 9.47 Å². The van der Waals surface area contributed by atoms with E-state index in [0.29, 0.717) is 11.3 Å². The first-order valence-electron chi connectivity index (χ1n) is 10.7. The minimum Gasteiger partial charge on any atom is -0.495 e. The van der Waals surface area contributed by atoms with Crippen molar-refractivity contribution in [1.82, 2.24) is 0 Å². The molecule has 168 valence electrons. The molecule has 3 aromatic rings. The summed E-state index contributed by atoms with van der Waals surface area (Å²) in [7, 11) is 1.50.